The van der Waals surface area contributed by atoms with Gasteiger partial charge in [0.05, 0.1) is 10.2 Å². The fourth-order valence-electron chi connectivity index (χ4n) is 3.00. The molecule has 0 aromatic heterocycles. The number of benzene rings is 2. The summed E-state index contributed by atoms with van der Waals surface area (Å²) in [7, 11) is 0. The van der Waals surface area contributed by atoms with Gasteiger partial charge in [0, 0.05) is 5.69 Å². The molecule has 1 saturated heterocycles. The summed E-state index contributed by atoms with van der Waals surface area (Å²) < 4.78 is 12.1. The summed E-state index contributed by atoms with van der Waals surface area (Å²) in [5.74, 6) is -0.690. The third kappa shape index (κ3) is 6.29. The normalized spacial score (nSPS) is 13.2. The molecule has 0 atom stereocenters. The molecule has 172 valence electrons. The molecule has 8 nitrogen and oxygen atoms in total. The van der Waals surface area contributed by atoms with Crippen LogP contribution in [-0.2, 0) is 14.4 Å². The van der Waals surface area contributed by atoms with Crippen molar-refractivity contribution in [3.05, 3.63) is 56.2 Å². The number of nitrogens with one attached hydrogen (secondary N) is 3. The SMILES string of the molecule is CCOc1cc(C=C2C(=O)NC(=S)NC2=O)cc(I)c1OCC(=O)Nc1ccc(C)c(C)c1. The minimum Gasteiger partial charge on any atom is -0.490 e. The summed E-state index contributed by atoms with van der Waals surface area (Å²) in [5, 5.41) is 7.57. The molecule has 33 heavy (non-hydrogen) atoms. The molecular weight excluding hydrogens is 557 g/mol. The van der Waals surface area contributed by atoms with Crippen LogP contribution < -0.4 is 25.4 Å². The molecule has 1 aliphatic rings. The monoisotopic (exact) mass is 579 g/mol. The number of hydrogen-bond acceptors (Lipinski definition) is 6. The van der Waals surface area contributed by atoms with Gasteiger partial charge >= 0.3 is 0 Å². The Morgan fingerprint density at radius 1 is 1.09 bits per heavy atom. The average molecular weight is 579 g/mol. The maximum absolute atomic E-state index is 12.4. The zero-order valence-electron chi connectivity index (χ0n) is 18.2. The molecule has 3 N–H and O–H groups in total. The van der Waals surface area contributed by atoms with Gasteiger partial charge in [0.15, 0.2) is 23.2 Å². The van der Waals surface area contributed by atoms with Gasteiger partial charge in [-0.25, -0.2) is 0 Å². The largest absolute Gasteiger partial charge is 0.490 e. The molecular formula is C23H22IN3O5S. The van der Waals surface area contributed by atoms with Crippen molar-refractivity contribution in [2.75, 3.05) is 18.5 Å². The highest BCUT2D eigenvalue weighted by atomic mass is 127. The van der Waals surface area contributed by atoms with Crippen LogP contribution in [0.5, 0.6) is 11.5 Å². The summed E-state index contributed by atoms with van der Waals surface area (Å²) in [4.78, 5) is 36.6. The maximum atomic E-state index is 12.4. The number of rotatable bonds is 7. The molecule has 2 aromatic rings. The summed E-state index contributed by atoms with van der Waals surface area (Å²) in [6.07, 6.45) is 1.44. The first-order valence-corrected chi connectivity index (χ1v) is 11.5. The highest BCUT2D eigenvalue weighted by Crippen LogP contribution is 2.35. The van der Waals surface area contributed by atoms with E-state index in [9.17, 15) is 14.4 Å². The minimum atomic E-state index is -0.583. The molecule has 1 heterocycles. The Morgan fingerprint density at radius 2 is 1.79 bits per heavy atom. The van der Waals surface area contributed by atoms with Crippen LogP contribution in [0.2, 0.25) is 0 Å². The van der Waals surface area contributed by atoms with E-state index in [1.165, 1.54) is 6.08 Å². The Labute approximate surface area is 210 Å². The Hall–Kier alpha value is -2.99. The number of ether oxygens (including phenoxy) is 2. The van der Waals surface area contributed by atoms with Gasteiger partial charge < -0.3 is 14.8 Å². The average Bonchev–Trinajstić information content (AvgIpc) is 2.73. The molecule has 0 aliphatic carbocycles. The van der Waals surface area contributed by atoms with Gasteiger partial charge in [0.2, 0.25) is 0 Å². The maximum Gasteiger partial charge on any atom is 0.263 e. The number of aryl methyl sites for hydroxylation is 2. The number of thiocarbonyl (C=S) groups is 1. The highest BCUT2D eigenvalue weighted by molar-refractivity contribution is 14.1. The van der Waals surface area contributed by atoms with Crippen LogP contribution in [0.1, 0.15) is 23.6 Å². The van der Waals surface area contributed by atoms with Crippen molar-refractivity contribution in [2.24, 2.45) is 0 Å². The molecule has 1 aliphatic heterocycles. The van der Waals surface area contributed by atoms with Gasteiger partial charge in [-0.05, 0) is 103 Å². The van der Waals surface area contributed by atoms with Crippen LogP contribution in [0.3, 0.4) is 0 Å². The summed E-state index contributed by atoms with van der Waals surface area (Å²) in [6.45, 7) is 5.94. The molecule has 0 saturated carbocycles. The van der Waals surface area contributed by atoms with Gasteiger partial charge in [0.1, 0.15) is 5.57 Å². The van der Waals surface area contributed by atoms with Crippen molar-refractivity contribution in [3.63, 3.8) is 0 Å². The van der Waals surface area contributed by atoms with E-state index in [0.717, 1.165) is 11.1 Å². The van der Waals surface area contributed by atoms with Crippen LogP contribution in [-0.4, -0.2) is 36.0 Å². The van der Waals surface area contributed by atoms with Crippen LogP contribution in [0.4, 0.5) is 5.69 Å². The van der Waals surface area contributed by atoms with Gasteiger partial charge in [-0.15, -0.1) is 0 Å². The molecule has 3 rings (SSSR count). The fraction of sp³-hybridized carbons (Fsp3) is 0.217. The zero-order chi connectivity index (χ0) is 24.1. The van der Waals surface area contributed by atoms with E-state index in [4.69, 9.17) is 21.7 Å². The number of amides is 3. The van der Waals surface area contributed by atoms with Gasteiger partial charge in [-0.2, -0.15) is 0 Å². The predicted molar refractivity (Wildman–Crippen MR) is 137 cm³/mol. The Balaban J connectivity index is 1.78. The highest BCUT2D eigenvalue weighted by Gasteiger charge is 2.26. The first kappa shape index (κ1) is 24.6. The second-order valence-electron chi connectivity index (χ2n) is 7.19. The number of hydrogen-bond donors (Lipinski definition) is 3. The van der Waals surface area contributed by atoms with E-state index in [1.807, 2.05) is 61.6 Å². The predicted octanol–water partition coefficient (Wildman–Crippen LogP) is 3.24. The number of halogens is 1. The van der Waals surface area contributed by atoms with Crippen molar-refractivity contribution in [2.45, 2.75) is 20.8 Å². The smallest absolute Gasteiger partial charge is 0.263 e. The minimum absolute atomic E-state index is 0.0328. The fourth-order valence-corrected chi connectivity index (χ4v) is 3.97. The van der Waals surface area contributed by atoms with Crippen molar-refractivity contribution >= 4 is 69.4 Å². The summed E-state index contributed by atoms with van der Waals surface area (Å²) >= 11 is 6.86. The topological polar surface area (TPSA) is 106 Å². The number of carbonyl (C=O) groups is 3. The van der Waals surface area contributed by atoms with E-state index in [0.29, 0.717) is 32.9 Å². The van der Waals surface area contributed by atoms with E-state index in [2.05, 4.69) is 16.0 Å². The van der Waals surface area contributed by atoms with E-state index < -0.39 is 11.8 Å². The quantitative estimate of drug-likeness (QED) is 0.202. The van der Waals surface area contributed by atoms with Crippen LogP contribution in [0, 0.1) is 17.4 Å². The van der Waals surface area contributed by atoms with E-state index in [1.54, 1.807) is 12.1 Å². The Kier molecular flexibility index (Phi) is 8.03. The second kappa shape index (κ2) is 10.8. The lowest BCUT2D eigenvalue weighted by Crippen LogP contribution is -2.51. The van der Waals surface area contributed by atoms with Crippen molar-refractivity contribution in [1.29, 1.82) is 0 Å². The van der Waals surface area contributed by atoms with E-state index in [-0.39, 0.29) is 23.2 Å². The first-order chi connectivity index (χ1) is 15.7. The third-order valence-electron chi connectivity index (χ3n) is 4.72. The molecule has 1 fully saturated rings. The lowest BCUT2D eigenvalue weighted by atomic mass is 10.1. The molecule has 10 heteroatoms. The number of anilines is 1. The molecule has 3 amide bonds. The van der Waals surface area contributed by atoms with Crippen molar-refractivity contribution in [1.82, 2.24) is 10.6 Å². The van der Waals surface area contributed by atoms with Crippen LogP contribution in [0.25, 0.3) is 6.08 Å². The summed E-state index contributed by atoms with van der Waals surface area (Å²) in [5.41, 5.74) is 3.39. The Bertz CT molecular complexity index is 1160. The van der Waals surface area contributed by atoms with Crippen molar-refractivity contribution in [3.8, 4) is 11.5 Å². The number of carbonyl (C=O) groups excluding carboxylic acids is 3. The summed E-state index contributed by atoms with van der Waals surface area (Å²) in [6, 6.07) is 9.04. The standard InChI is InChI=1S/C23H22IN3O5S/c1-4-31-18-10-14(8-16-21(29)26-23(33)27-22(16)30)9-17(24)20(18)32-11-19(28)25-15-6-5-12(2)13(3)7-15/h5-10H,4,11H2,1-3H3,(H,25,28)(H2,26,27,29,30,33). The van der Waals surface area contributed by atoms with Crippen LogP contribution >= 0.6 is 34.8 Å². The third-order valence-corrected chi connectivity index (χ3v) is 5.73. The molecule has 0 bridgehead atoms. The Morgan fingerprint density at radius 3 is 2.42 bits per heavy atom. The lowest BCUT2D eigenvalue weighted by Gasteiger charge is -2.17. The first-order valence-electron chi connectivity index (χ1n) is 10.0. The van der Waals surface area contributed by atoms with Crippen molar-refractivity contribution < 1.29 is 23.9 Å². The lowest BCUT2D eigenvalue weighted by molar-refractivity contribution is -0.123. The zero-order valence-corrected chi connectivity index (χ0v) is 21.2. The molecule has 0 radical (unpaired) electrons. The molecule has 0 unspecified atom stereocenters. The van der Waals surface area contributed by atoms with Gasteiger partial charge in [-0.1, -0.05) is 6.07 Å². The van der Waals surface area contributed by atoms with Crippen LogP contribution in [0.15, 0.2) is 35.9 Å². The van der Waals surface area contributed by atoms with Gasteiger partial charge in [0.25, 0.3) is 17.7 Å². The second-order valence-corrected chi connectivity index (χ2v) is 8.76. The molecule has 2 aromatic carbocycles. The van der Waals surface area contributed by atoms with Gasteiger partial charge in [-0.3, -0.25) is 25.0 Å². The van der Waals surface area contributed by atoms with E-state index >= 15 is 0 Å². The molecule has 0 spiro atoms.